The summed E-state index contributed by atoms with van der Waals surface area (Å²) in [4.78, 5) is 18.0. The minimum Gasteiger partial charge on any atom is -0.628 e. The first kappa shape index (κ1) is 37.7. The van der Waals surface area contributed by atoms with Crippen molar-refractivity contribution in [2.45, 2.75) is 78.6 Å². The van der Waals surface area contributed by atoms with Crippen molar-refractivity contribution in [3.8, 4) is 12.3 Å². The summed E-state index contributed by atoms with van der Waals surface area (Å²) in [5.74, 6) is 2.59. The Balaban J connectivity index is 1.27. The van der Waals surface area contributed by atoms with Crippen LogP contribution in [0.4, 0.5) is 10.1 Å². The van der Waals surface area contributed by atoms with Gasteiger partial charge in [0.25, 0.3) is 5.91 Å². The van der Waals surface area contributed by atoms with E-state index in [9.17, 15) is 14.4 Å². The van der Waals surface area contributed by atoms with Crippen molar-refractivity contribution in [2.75, 3.05) is 58.3 Å². The average Bonchev–Trinajstić information content (AvgIpc) is 3.69. The van der Waals surface area contributed by atoms with Crippen LogP contribution in [0.15, 0.2) is 54.7 Å². The number of likely N-dealkylation sites (N-methyl/N-ethyl adjacent to an activating group) is 2. The third-order valence-electron chi connectivity index (χ3n) is 11.9. The van der Waals surface area contributed by atoms with Crippen LogP contribution in [0.2, 0.25) is 13.1 Å². The fraction of sp³-hybridized carbons (Fsp3) is 0.455. The number of anilines is 1. The number of alkyl halides is 1. The maximum atomic E-state index is 14.5. The molecule has 0 aromatic heterocycles. The summed E-state index contributed by atoms with van der Waals surface area (Å²) >= 11 is 0. The molecule has 0 aliphatic carbocycles. The number of halogens is 1. The van der Waals surface area contributed by atoms with E-state index in [1.807, 2.05) is 26.0 Å². The number of terminal acetylenes is 1. The van der Waals surface area contributed by atoms with Crippen LogP contribution >= 0.6 is 0 Å². The van der Waals surface area contributed by atoms with Crippen LogP contribution in [0.5, 0.6) is 0 Å². The Morgan fingerprint density at radius 1 is 1.08 bits per heavy atom. The molecule has 0 fully saturated rings. The molecule has 3 aliphatic rings. The Kier molecular flexibility index (Phi) is 11.0. The van der Waals surface area contributed by atoms with Crippen molar-refractivity contribution >= 4 is 35.6 Å². The smallest absolute Gasteiger partial charge is 0.254 e. The molecule has 0 radical (unpaired) electrons. The number of hydrogen-bond acceptors (Lipinski definition) is 3. The zero-order valence-electron chi connectivity index (χ0n) is 32.3. The fourth-order valence-corrected chi connectivity index (χ4v) is 11.5. The van der Waals surface area contributed by atoms with Gasteiger partial charge < -0.3 is 19.7 Å². The van der Waals surface area contributed by atoms with Crippen molar-refractivity contribution in [2.24, 2.45) is 0 Å². The van der Waals surface area contributed by atoms with E-state index >= 15 is 0 Å². The quantitative estimate of drug-likeness (QED) is 0.0632. The Morgan fingerprint density at radius 2 is 1.85 bits per heavy atom. The number of unbranched alkanes of at least 4 members (excludes halogenated alkanes) is 2. The first-order valence-electron chi connectivity index (χ1n) is 19.2. The zero-order valence-corrected chi connectivity index (χ0v) is 33.3. The number of aryl methyl sites for hydroxylation is 1. The molecule has 52 heavy (non-hydrogen) atoms. The normalized spacial score (nSPS) is 16.4. The van der Waals surface area contributed by atoms with Gasteiger partial charge in [0.15, 0.2) is 0 Å². The summed E-state index contributed by atoms with van der Waals surface area (Å²) < 4.78 is 16.4. The number of quaternary nitrogens is 1. The van der Waals surface area contributed by atoms with Gasteiger partial charge in [0, 0.05) is 55.5 Å². The van der Waals surface area contributed by atoms with Crippen molar-refractivity contribution < 1.29 is 13.8 Å². The van der Waals surface area contributed by atoms with Crippen LogP contribution < -0.4 is 30.4 Å². The first-order chi connectivity index (χ1) is 24.8. The number of carbonyl (C=O) groups is 1. The topological polar surface area (TPSA) is 49.6 Å². The lowest BCUT2D eigenvalue weighted by Gasteiger charge is -2.36. The minimum absolute atomic E-state index is 0.0766. The second-order valence-corrected chi connectivity index (χ2v) is 20.0. The molecule has 3 heterocycles. The first-order valence-corrected chi connectivity index (χ1v) is 22.2. The molecule has 6 nitrogen and oxygen atoms in total. The predicted octanol–water partition coefficient (Wildman–Crippen LogP) is 4.89. The highest BCUT2D eigenvalue weighted by atomic mass is 28.3. The third kappa shape index (κ3) is 7.16. The number of allylic oxidation sites excluding steroid dienone is 1. The Hall–Kier alpha value is -4.03. The lowest BCUT2D eigenvalue weighted by molar-refractivity contribution is -0.825. The van der Waals surface area contributed by atoms with Crippen molar-refractivity contribution in [1.82, 2.24) is 9.48 Å². The van der Waals surface area contributed by atoms with E-state index in [0.717, 1.165) is 44.3 Å². The third-order valence-corrected chi connectivity index (χ3v) is 15.5. The lowest BCUT2D eigenvalue weighted by Crippen LogP contribution is -2.63. The summed E-state index contributed by atoms with van der Waals surface area (Å²) in [7, 11) is 2.36. The monoisotopic (exact) mass is 719 g/mol. The van der Waals surface area contributed by atoms with Crippen LogP contribution in [-0.4, -0.2) is 83.1 Å². The van der Waals surface area contributed by atoms with Gasteiger partial charge in [-0.2, -0.15) is 0 Å². The van der Waals surface area contributed by atoms with Crippen molar-refractivity contribution in [3.05, 3.63) is 104 Å². The number of rotatable bonds is 13. The van der Waals surface area contributed by atoms with E-state index in [-0.39, 0.29) is 12.5 Å². The van der Waals surface area contributed by atoms with Gasteiger partial charge >= 0.3 is 0 Å². The van der Waals surface area contributed by atoms with E-state index < -0.39 is 18.9 Å². The van der Waals surface area contributed by atoms with Gasteiger partial charge in [0.2, 0.25) is 5.36 Å². The summed E-state index contributed by atoms with van der Waals surface area (Å²) in [6.45, 7) is 14.4. The molecule has 0 saturated carbocycles. The highest BCUT2D eigenvalue weighted by Gasteiger charge is 2.38. The van der Waals surface area contributed by atoms with Crippen LogP contribution in [0.25, 0.3) is 5.57 Å². The van der Waals surface area contributed by atoms with E-state index in [2.05, 4.69) is 79.8 Å². The van der Waals surface area contributed by atoms with Crippen LogP contribution in [0.1, 0.15) is 77.7 Å². The van der Waals surface area contributed by atoms with Gasteiger partial charge in [-0.1, -0.05) is 37.9 Å². The molecule has 1 amide bonds. The van der Waals surface area contributed by atoms with Gasteiger partial charge in [-0.05, 0) is 114 Å². The highest BCUT2D eigenvalue weighted by Crippen LogP contribution is 2.34. The Morgan fingerprint density at radius 3 is 2.56 bits per heavy atom. The number of fused-ring (bicyclic) bond motifs is 4. The van der Waals surface area contributed by atoms with Gasteiger partial charge in [-0.15, -0.1) is 6.42 Å². The molecule has 6 rings (SSSR count). The molecular weight excluding hydrogens is 664 g/mol. The second kappa shape index (κ2) is 15.1. The standard InChI is InChI=1S/C44H56FN4O2Si/c1-9-21-48(22-14-12-13-15-35(45)20-25-49(51,10-2)11-3)44(50)34-16-17-36(31(4)26-34)43-37-27-32-18-23-46(5)39(32)29-41(37)52(7,8)42-30-40-33(28-38(42)43)19-24-47(40)6/h1,16-17,20,25-30,35H,10-15,18-19,21-24H2,2-8H3/q+1/b25-20+. The largest absolute Gasteiger partial charge is 0.628 e. The molecule has 0 N–H and O–H groups in total. The van der Waals surface area contributed by atoms with Gasteiger partial charge in [-0.3, -0.25) is 4.79 Å². The molecule has 0 saturated heterocycles. The lowest BCUT2D eigenvalue weighted by atomic mass is 9.89. The number of hydroxylamine groups is 3. The van der Waals surface area contributed by atoms with Crippen LogP contribution in [0, 0.1) is 24.5 Å². The van der Waals surface area contributed by atoms with E-state index in [0.29, 0.717) is 38.0 Å². The number of benzene rings is 3. The van der Waals surface area contributed by atoms with Crippen LogP contribution in [0.3, 0.4) is 0 Å². The molecule has 274 valence electrons. The predicted molar refractivity (Wildman–Crippen MR) is 216 cm³/mol. The number of hydrogen-bond donors (Lipinski definition) is 0. The van der Waals surface area contributed by atoms with E-state index in [1.54, 1.807) is 4.90 Å². The second-order valence-electron chi connectivity index (χ2n) is 15.6. The molecule has 3 aliphatic heterocycles. The van der Waals surface area contributed by atoms with E-state index in [4.69, 9.17) is 6.42 Å². The van der Waals surface area contributed by atoms with Gasteiger partial charge in [0.1, 0.15) is 27.8 Å². The van der Waals surface area contributed by atoms with Gasteiger partial charge in [0.05, 0.1) is 25.8 Å². The molecule has 3 aromatic carbocycles. The van der Waals surface area contributed by atoms with Crippen LogP contribution in [-0.2, 0) is 12.8 Å². The minimum atomic E-state index is -2.05. The summed E-state index contributed by atoms with van der Waals surface area (Å²) in [6.07, 6.45) is 12.1. The average molecular weight is 720 g/mol. The summed E-state index contributed by atoms with van der Waals surface area (Å²) in [6, 6.07) is 16.1. The Bertz CT molecular complexity index is 2080. The Labute approximate surface area is 311 Å². The molecule has 0 spiro atoms. The maximum Gasteiger partial charge on any atom is 0.254 e. The molecule has 1 unspecified atom stereocenters. The van der Waals surface area contributed by atoms with Crippen molar-refractivity contribution in [3.63, 3.8) is 0 Å². The fourth-order valence-electron chi connectivity index (χ4n) is 8.44. The van der Waals surface area contributed by atoms with Gasteiger partial charge in [-0.25, -0.2) is 8.97 Å². The number of carbonyl (C=O) groups excluding carboxylic acids is 1. The summed E-state index contributed by atoms with van der Waals surface area (Å²) in [5.41, 5.74) is 9.71. The number of nitrogens with zero attached hydrogens (tertiary/aromatic N) is 4. The van der Waals surface area contributed by atoms with E-state index in [1.165, 1.54) is 66.7 Å². The zero-order chi connectivity index (χ0) is 37.4. The SMILES string of the molecule is C#CCN(CCCCCC(F)/C=C/[N+]([O-])(CC)CC)C(=O)c1ccc(C2=c3cc4c(cc3[Si](C)(C)c3cc5c(cc32)CCN5C)=[N+](C)CC4)c(C)c1. The van der Waals surface area contributed by atoms with Crippen molar-refractivity contribution in [1.29, 1.82) is 0 Å². The molecular formula is C44H56FN4O2Si+. The highest BCUT2D eigenvalue weighted by molar-refractivity contribution is 7.01. The maximum absolute atomic E-state index is 14.5. The molecule has 8 heteroatoms. The summed E-state index contributed by atoms with van der Waals surface area (Å²) in [5, 5.41) is 18.1. The molecule has 1 atom stereocenters. The number of amides is 1. The molecule has 0 bridgehead atoms. The molecule has 3 aromatic rings.